The first-order valence-electron chi connectivity index (χ1n) is 10.2. The van der Waals surface area contributed by atoms with Crippen LogP contribution in [0.4, 0.5) is 20.4 Å². The predicted octanol–water partition coefficient (Wildman–Crippen LogP) is 4.96. The van der Waals surface area contributed by atoms with Gasteiger partial charge in [0.05, 0.1) is 17.1 Å². The zero-order valence-corrected chi connectivity index (χ0v) is 17.6. The van der Waals surface area contributed by atoms with Crippen LogP contribution >= 0.6 is 0 Å². The average molecular weight is 433 g/mol. The number of rotatable bonds is 7. The molecule has 0 aliphatic rings. The van der Waals surface area contributed by atoms with Crippen LogP contribution in [0, 0.1) is 23.0 Å². The van der Waals surface area contributed by atoms with Crippen molar-refractivity contribution >= 4 is 22.7 Å². The lowest BCUT2D eigenvalue weighted by molar-refractivity contribution is 0.626. The number of aromatic nitrogens is 4. The van der Waals surface area contributed by atoms with E-state index >= 15 is 0 Å². The lowest BCUT2D eigenvalue weighted by atomic mass is 10.2. The highest BCUT2D eigenvalue weighted by atomic mass is 19.1. The van der Waals surface area contributed by atoms with E-state index in [1.165, 1.54) is 30.6 Å². The second-order valence-corrected chi connectivity index (χ2v) is 7.27. The molecule has 1 atom stereocenters. The van der Waals surface area contributed by atoms with Gasteiger partial charge in [-0.1, -0.05) is 6.92 Å². The summed E-state index contributed by atoms with van der Waals surface area (Å²) >= 11 is 0. The third kappa shape index (κ3) is 4.07. The smallest absolute Gasteiger partial charge is 0.150 e. The molecule has 0 saturated carbocycles. The molecule has 0 amide bonds. The molecular formula is C23H21F2N7. The molecule has 1 unspecified atom stereocenters. The number of hydrogen-bond donors (Lipinski definition) is 2. The van der Waals surface area contributed by atoms with Crippen LogP contribution in [0.15, 0.2) is 48.8 Å². The van der Waals surface area contributed by atoms with Gasteiger partial charge in [-0.25, -0.2) is 23.7 Å². The third-order valence-corrected chi connectivity index (χ3v) is 4.97. The number of hydrogen-bond acceptors (Lipinski definition) is 6. The summed E-state index contributed by atoms with van der Waals surface area (Å²) in [5.74, 6) is 0.597. The number of halogens is 2. The molecule has 0 radical (unpaired) electrons. The Kier molecular flexibility index (Phi) is 5.94. The van der Waals surface area contributed by atoms with Crippen LogP contribution in [0.5, 0.6) is 0 Å². The van der Waals surface area contributed by atoms with E-state index in [-0.39, 0.29) is 5.82 Å². The van der Waals surface area contributed by atoms with E-state index in [4.69, 9.17) is 0 Å². The van der Waals surface area contributed by atoms with Crippen molar-refractivity contribution in [1.29, 1.82) is 5.26 Å². The van der Waals surface area contributed by atoms with E-state index < -0.39 is 11.9 Å². The maximum atomic E-state index is 14.0. The van der Waals surface area contributed by atoms with Gasteiger partial charge in [-0.3, -0.25) is 4.57 Å². The summed E-state index contributed by atoms with van der Waals surface area (Å²) in [4.78, 5) is 13.1. The molecule has 0 spiro atoms. The Morgan fingerprint density at radius 1 is 1.06 bits per heavy atom. The van der Waals surface area contributed by atoms with Gasteiger partial charge in [0.2, 0.25) is 0 Å². The highest BCUT2D eigenvalue weighted by molar-refractivity contribution is 5.78. The minimum atomic E-state index is -0.420. The van der Waals surface area contributed by atoms with Crippen LogP contribution in [-0.2, 0) is 0 Å². The molecule has 9 heteroatoms. The van der Waals surface area contributed by atoms with Gasteiger partial charge >= 0.3 is 0 Å². The SMILES string of the molecule is CCCNc1ncnc(NC(C)c2nc3ccc(F)cc3n2-c2ccc(F)cc2)c1C#N. The number of anilines is 2. The maximum Gasteiger partial charge on any atom is 0.150 e. The second-order valence-electron chi connectivity index (χ2n) is 7.27. The summed E-state index contributed by atoms with van der Waals surface area (Å²) in [6.07, 6.45) is 2.26. The molecular weight excluding hydrogens is 412 g/mol. The van der Waals surface area contributed by atoms with Crippen LogP contribution in [0.2, 0.25) is 0 Å². The van der Waals surface area contributed by atoms with E-state index in [0.717, 1.165) is 6.42 Å². The van der Waals surface area contributed by atoms with Crippen molar-refractivity contribution in [1.82, 2.24) is 19.5 Å². The topological polar surface area (TPSA) is 91.4 Å². The first-order chi connectivity index (χ1) is 15.5. The number of fused-ring (bicyclic) bond motifs is 1. The molecule has 0 fully saturated rings. The fraction of sp³-hybridized carbons (Fsp3) is 0.217. The van der Waals surface area contributed by atoms with Gasteiger partial charge in [-0.15, -0.1) is 0 Å². The Hall–Kier alpha value is -4.06. The standard InChI is InChI=1S/C23H21F2N7/c1-3-10-27-21-18(12-26)22(29-13-28-21)30-14(2)23-31-19-9-6-16(25)11-20(19)32(23)17-7-4-15(24)5-8-17/h4-9,11,13-14H,3,10H2,1-2H3,(H2,27,28,29,30). The Bertz CT molecular complexity index is 1290. The number of benzene rings is 2. The fourth-order valence-electron chi connectivity index (χ4n) is 3.47. The molecule has 4 rings (SSSR count). The van der Waals surface area contributed by atoms with Crippen molar-refractivity contribution in [2.45, 2.75) is 26.3 Å². The summed E-state index contributed by atoms with van der Waals surface area (Å²) in [6.45, 7) is 4.55. The van der Waals surface area contributed by atoms with Gasteiger partial charge in [-0.2, -0.15) is 5.26 Å². The Morgan fingerprint density at radius 2 is 1.78 bits per heavy atom. The molecule has 32 heavy (non-hydrogen) atoms. The normalized spacial score (nSPS) is 11.8. The average Bonchev–Trinajstić information content (AvgIpc) is 3.17. The van der Waals surface area contributed by atoms with Crippen LogP contribution in [0.1, 0.15) is 37.7 Å². The number of nitriles is 1. The van der Waals surface area contributed by atoms with Crippen molar-refractivity contribution in [3.05, 3.63) is 71.8 Å². The minimum Gasteiger partial charge on any atom is -0.369 e. The summed E-state index contributed by atoms with van der Waals surface area (Å²) in [6, 6.07) is 11.9. The zero-order chi connectivity index (χ0) is 22.7. The second kappa shape index (κ2) is 8.98. The van der Waals surface area contributed by atoms with E-state index in [1.807, 2.05) is 13.8 Å². The maximum absolute atomic E-state index is 14.0. The van der Waals surface area contributed by atoms with Crippen molar-refractivity contribution < 1.29 is 8.78 Å². The van der Waals surface area contributed by atoms with Crippen molar-refractivity contribution in [2.75, 3.05) is 17.2 Å². The lowest BCUT2D eigenvalue weighted by Gasteiger charge is -2.18. The Labute approximate surface area is 183 Å². The van der Waals surface area contributed by atoms with E-state index in [1.54, 1.807) is 22.8 Å². The molecule has 0 aliphatic carbocycles. The van der Waals surface area contributed by atoms with Gasteiger partial charge in [0.15, 0.2) is 0 Å². The molecule has 2 heterocycles. The van der Waals surface area contributed by atoms with Crippen molar-refractivity contribution in [3.63, 3.8) is 0 Å². The van der Waals surface area contributed by atoms with Crippen LogP contribution < -0.4 is 10.6 Å². The first-order valence-corrected chi connectivity index (χ1v) is 10.2. The van der Waals surface area contributed by atoms with Crippen molar-refractivity contribution in [2.24, 2.45) is 0 Å². The monoisotopic (exact) mass is 433 g/mol. The zero-order valence-electron chi connectivity index (χ0n) is 17.6. The molecule has 0 aliphatic heterocycles. The molecule has 0 saturated heterocycles. The molecule has 7 nitrogen and oxygen atoms in total. The molecule has 2 aromatic heterocycles. The number of nitrogens with zero attached hydrogens (tertiary/aromatic N) is 5. The third-order valence-electron chi connectivity index (χ3n) is 4.97. The van der Waals surface area contributed by atoms with Gasteiger partial charge < -0.3 is 10.6 Å². The number of imidazole rings is 1. The quantitative estimate of drug-likeness (QED) is 0.428. The van der Waals surface area contributed by atoms with E-state index in [2.05, 4.69) is 31.7 Å². The molecule has 4 aromatic rings. The van der Waals surface area contributed by atoms with Crippen LogP contribution in [0.3, 0.4) is 0 Å². The predicted molar refractivity (Wildman–Crippen MR) is 119 cm³/mol. The van der Waals surface area contributed by atoms with E-state index in [0.29, 0.717) is 46.3 Å². The van der Waals surface area contributed by atoms with Gasteiger partial charge in [-0.05, 0) is 49.7 Å². The molecule has 0 bridgehead atoms. The summed E-state index contributed by atoms with van der Waals surface area (Å²) in [7, 11) is 0. The van der Waals surface area contributed by atoms with Gasteiger partial charge in [0, 0.05) is 18.3 Å². The molecule has 162 valence electrons. The minimum absolute atomic E-state index is 0.295. The highest BCUT2D eigenvalue weighted by Gasteiger charge is 2.21. The summed E-state index contributed by atoms with van der Waals surface area (Å²) < 4.78 is 29.3. The van der Waals surface area contributed by atoms with E-state index in [9.17, 15) is 14.0 Å². The van der Waals surface area contributed by atoms with Crippen molar-refractivity contribution in [3.8, 4) is 11.8 Å². The molecule has 2 aromatic carbocycles. The Balaban J connectivity index is 1.78. The lowest BCUT2D eigenvalue weighted by Crippen LogP contribution is -2.16. The van der Waals surface area contributed by atoms with Gasteiger partial charge in [0.1, 0.15) is 47.1 Å². The summed E-state index contributed by atoms with van der Waals surface area (Å²) in [5, 5.41) is 16.0. The molecule has 2 N–H and O–H groups in total. The first kappa shape index (κ1) is 21.2. The number of nitrogens with one attached hydrogen (secondary N) is 2. The highest BCUT2D eigenvalue weighted by Crippen LogP contribution is 2.29. The van der Waals surface area contributed by atoms with Gasteiger partial charge in [0.25, 0.3) is 0 Å². The summed E-state index contributed by atoms with van der Waals surface area (Å²) in [5.41, 5.74) is 2.07. The van der Waals surface area contributed by atoms with Crippen LogP contribution in [0.25, 0.3) is 16.7 Å². The Morgan fingerprint density at radius 3 is 2.50 bits per heavy atom. The largest absolute Gasteiger partial charge is 0.369 e. The van der Waals surface area contributed by atoms with Crippen LogP contribution in [-0.4, -0.2) is 26.1 Å². The fourth-order valence-corrected chi connectivity index (χ4v) is 3.47.